The zero-order valence-corrected chi connectivity index (χ0v) is 21.0. The molecular weight excluding hydrogens is 454 g/mol. The van der Waals surface area contributed by atoms with Crippen molar-refractivity contribution in [3.63, 3.8) is 0 Å². The molecule has 2 aromatic carbocycles. The minimum Gasteiger partial charge on any atom is -0.444 e. The minimum atomic E-state index is -1.16. The van der Waals surface area contributed by atoms with Crippen molar-refractivity contribution in [3.05, 3.63) is 63.7 Å². The lowest BCUT2D eigenvalue weighted by Crippen LogP contribution is -2.44. The fourth-order valence-corrected chi connectivity index (χ4v) is 3.62. The number of alkyl carbamates (subject to hydrolysis) is 1. The van der Waals surface area contributed by atoms with Crippen molar-refractivity contribution in [3.8, 4) is 12.5 Å². The van der Waals surface area contributed by atoms with E-state index in [-0.39, 0.29) is 0 Å². The fraction of sp³-hybridized carbons (Fsp3) is 0.346. The summed E-state index contributed by atoms with van der Waals surface area (Å²) in [7, 11) is 0. The van der Waals surface area contributed by atoms with Crippen molar-refractivity contribution in [1.29, 1.82) is 0 Å². The lowest BCUT2D eigenvalue weighted by atomic mass is 9.97. The van der Waals surface area contributed by atoms with Crippen LogP contribution in [0.1, 0.15) is 49.1 Å². The summed E-state index contributed by atoms with van der Waals surface area (Å²) < 4.78 is 5.17. The van der Waals surface area contributed by atoms with E-state index in [0.29, 0.717) is 16.3 Å². The Morgan fingerprint density at radius 2 is 1.79 bits per heavy atom. The number of rotatable bonds is 6. The Hall–Kier alpha value is -3.50. The van der Waals surface area contributed by atoms with Gasteiger partial charge in [0.1, 0.15) is 18.2 Å². The first-order valence-electron chi connectivity index (χ1n) is 10.7. The van der Waals surface area contributed by atoms with E-state index in [1.54, 1.807) is 39.0 Å². The highest BCUT2D eigenvalue weighted by molar-refractivity contribution is 6.34. The summed E-state index contributed by atoms with van der Waals surface area (Å²) in [5, 5.41) is 5.56. The first-order chi connectivity index (χ1) is 15.8. The van der Waals surface area contributed by atoms with E-state index < -0.39 is 36.1 Å². The topological polar surface area (TPSA) is 87.7 Å². The third-order valence-corrected chi connectivity index (χ3v) is 5.20. The second-order valence-electron chi connectivity index (χ2n) is 8.93. The fourth-order valence-electron chi connectivity index (χ4n) is 3.35. The highest BCUT2D eigenvalue weighted by Gasteiger charge is 2.33. The predicted octanol–water partition coefficient (Wildman–Crippen LogP) is 4.89. The molecule has 0 heterocycles. The average molecular weight is 484 g/mol. The zero-order chi connectivity index (χ0) is 25.6. The molecular formula is C26H30ClN3O4. The maximum Gasteiger partial charge on any atom is 0.408 e. The van der Waals surface area contributed by atoms with Gasteiger partial charge in [0.05, 0.1) is 10.7 Å². The van der Waals surface area contributed by atoms with Gasteiger partial charge in [-0.15, -0.1) is 0 Å². The van der Waals surface area contributed by atoms with Gasteiger partial charge in [0, 0.05) is 6.04 Å². The van der Waals surface area contributed by atoms with Gasteiger partial charge >= 0.3 is 6.09 Å². The van der Waals surface area contributed by atoms with E-state index >= 15 is 0 Å². The highest BCUT2D eigenvalue weighted by Crippen LogP contribution is 2.30. The number of ether oxygens (including phenoxy) is 1. The van der Waals surface area contributed by atoms with Gasteiger partial charge in [-0.2, -0.15) is 0 Å². The molecule has 3 amide bonds. The van der Waals surface area contributed by atoms with Crippen molar-refractivity contribution in [2.75, 3.05) is 11.9 Å². The van der Waals surface area contributed by atoms with E-state index in [9.17, 15) is 14.4 Å². The SMILES string of the molecule is C#CN(C(=O)CNC(=O)OC(C)(C)C)C(C(=O)Nc1c(C)cccc1Cl)c1ccc(C)cc1C. The second kappa shape index (κ2) is 11.1. The number of hydrogen-bond acceptors (Lipinski definition) is 4. The lowest BCUT2D eigenvalue weighted by Gasteiger charge is -2.28. The van der Waals surface area contributed by atoms with Gasteiger partial charge in [0.15, 0.2) is 0 Å². The molecule has 1 atom stereocenters. The molecule has 0 bridgehead atoms. The normalized spacial score (nSPS) is 11.7. The van der Waals surface area contributed by atoms with Crippen LogP contribution in [0.15, 0.2) is 36.4 Å². The number of para-hydroxylation sites is 1. The molecule has 2 aromatic rings. The average Bonchev–Trinajstić information content (AvgIpc) is 2.72. The molecule has 2 N–H and O–H groups in total. The smallest absolute Gasteiger partial charge is 0.408 e. The Morgan fingerprint density at radius 1 is 1.12 bits per heavy atom. The third-order valence-electron chi connectivity index (χ3n) is 4.89. The Bertz CT molecular complexity index is 1110. The summed E-state index contributed by atoms with van der Waals surface area (Å²) in [4.78, 5) is 39.5. The Labute approximate surface area is 205 Å². The molecule has 0 saturated carbocycles. The lowest BCUT2D eigenvalue weighted by molar-refractivity contribution is -0.134. The van der Waals surface area contributed by atoms with Crippen molar-refractivity contribution in [2.45, 2.75) is 53.2 Å². The van der Waals surface area contributed by atoms with Crippen molar-refractivity contribution >= 4 is 35.2 Å². The number of terminal acetylenes is 1. The van der Waals surface area contributed by atoms with Crippen LogP contribution in [0.3, 0.4) is 0 Å². The van der Waals surface area contributed by atoms with Crippen LogP contribution >= 0.6 is 11.6 Å². The van der Waals surface area contributed by atoms with Crippen molar-refractivity contribution in [2.24, 2.45) is 0 Å². The molecule has 0 aliphatic rings. The molecule has 0 saturated heterocycles. The van der Waals surface area contributed by atoms with Gasteiger partial charge in [-0.1, -0.05) is 53.9 Å². The number of nitrogens with zero attached hydrogens (tertiary/aromatic N) is 1. The number of anilines is 1. The van der Waals surface area contributed by atoms with Crippen LogP contribution in [0.4, 0.5) is 10.5 Å². The summed E-state index contributed by atoms with van der Waals surface area (Å²) in [5.74, 6) is -1.18. The van der Waals surface area contributed by atoms with Gasteiger partial charge < -0.3 is 15.4 Å². The van der Waals surface area contributed by atoms with Crippen LogP contribution in [0.5, 0.6) is 0 Å². The second-order valence-corrected chi connectivity index (χ2v) is 9.34. The Kier molecular flexibility index (Phi) is 8.72. The largest absolute Gasteiger partial charge is 0.444 e. The molecule has 0 aliphatic heterocycles. The number of nitrogens with one attached hydrogen (secondary N) is 2. The Balaban J connectivity index is 2.39. The summed E-state index contributed by atoms with van der Waals surface area (Å²) >= 11 is 6.29. The molecule has 1 unspecified atom stereocenters. The molecule has 0 fully saturated rings. The van der Waals surface area contributed by atoms with E-state index in [4.69, 9.17) is 22.8 Å². The Morgan fingerprint density at radius 3 is 2.35 bits per heavy atom. The van der Waals surface area contributed by atoms with Gasteiger partial charge in [-0.05, 0) is 64.3 Å². The predicted molar refractivity (Wildman–Crippen MR) is 133 cm³/mol. The van der Waals surface area contributed by atoms with Crippen molar-refractivity contribution < 1.29 is 19.1 Å². The van der Waals surface area contributed by atoms with Crippen LogP contribution in [0.2, 0.25) is 5.02 Å². The quantitative estimate of drug-likeness (QED) is 0.452. The zero-order valence-electron chi connectivity index (χ0n) is 20.3. The maximum atomic E-state index is 13.5. The van der Waals surface area contributed by atoms with Crippen molar-refractivity contribution in [1.82, 2.24) is 10.2 Å². The third kappa shape index (κ3) is 7.00. The molecule has 34 heavy (non-hydrogen) atoms. The maximum absolute atomic E-state index is 13.5. The van der Waals surface area contributed by atoms with Crippen LogP contribution in [-0.2, 0) is 14.3 Å². The number of carbonyl (C=O) groups excluding carboxylic acids is 3. The molecule has 2 rings (SSSR count). The molecule has 8 heteroatoms. The molecule has 0 spiro atoms. The first-order valence-corrected chi connectivity index (χ1v) is 11.1. The van der Waals surface area contributed by atoms with E-state index in [2.05, 4.69) is 16.7 Å². The number of amides is 3. The molecule has 0 aromatic heterocycles. The van der Waals surface area contributed by atoms with E-state index in [1.165, 1.54) is 0 Å². The number of hydrogen-bond donors (Lipinski definition) is 2. The van der Waals surface area contributed by atoms with Crippen LogP contribution in [0, 0.1) is 33.2 Å². The molecule has 0 radical (unpaired) electrons. The summed E-state index contributed by atoms with van der Waals surface area (Å²) in [6, 6.07) is 11.9. The van der Waals surface area contributed by atoms with Gasteiger partial charge in [-0.25, -0.2) is 4.79 Å². The van der Waals surface area contributed by atoms with Crippen LogP contribution in [-0.4, -0.2) is 35.0 Å². The molecule has 7 nitrogen and oxygen atoms in total. The monoisotopic (exact) mass is 483 g/mol. The number of aryl methyl sites for hydroxylation is 3. The molecule has 0 aliphatic carbocycles. The summed E-state index contributed by atoms with van der Waals surface area (Å²) in [6.07, 6.45) is 4.93. The van der Waals surface area contributed by atoms with Crippen LogP contribution in [0.25, 0.3) is 0 Å². The molecule has 180 valence electrons. The van der Waals surface area contributed by atoms with Gasteiger partial charge in [0.25, 0.3) is 11.8 Å². The van der Waals surface area contributed by atoms with Gasteiger partial charge in [0.2, 0.25) is 0 Å². The number of halogens is 1. The standard InChI is InChI=1S/C26H30ClN3O4/c1-8-30(21(31)15-28-25(33)34-26(5,6)7)23(19-13-12-16(2)14-18(19)4)24(32)29-22-17(3)10-9-11-20(22)27/h1,9-14,23H,15H2,2-7H3,(H,28,33)(H,29,32). The summed E-state index contributed by atoms with van der Waals surface area (Å²) in [5.41, 5.74) is 2.78. The number of benzene rings is 2. The number of carbonyl (C=O) groups is 3. The highest BCUT2D eigenvalue weighted by atomic mass is 35.5. The van der Waals surface area contributed by atoms with Gasteiger partial charge in [-0.3, -0.25) is 14.5 Å². The van der Waals surface area contributed by atoms with E-state index in [0.717, 1.165) is 21.6 Å². The summed E-state index contributed by atoms with van der Waals surface area (Å²) in [6.45, 7) is 10.2. The van der Waals surface area contributed by atoms with E-state index in [1.807, 2.05) is 39.0 Å². The minimum absolute atomic E-state index is 0.359. The first kappa shape index (κ1) is 26.7. The van der Waals surface area contributed by atoms with Crippen LogP contribution < -0.4 is 10.6 Å².